The lowest BCUT2D eigenvalue weighted by Gasteiger charge is -2.15. The van der Waals surface area contributed by atoms with Gasteiger partial charge in [0.05, 0.1) is 0 Å². The van der Waals surface area contributed by atoms with Crippen LogP contribution in [0.25, 0.3) is 0 Å². The van der Waals surface area contributed by atoms with E-state index in [1.165, 1.54) is 0 Å². The van der Waals surface area contributed by atoms with Crippen molar-refractivity contribution in [3.05, 3.63) is 58.1 Å². The molecule has 0 aromatic heterocycles. The second-order valence-corrected chi connectivity index (χ2v) is 6.43. The van der Waals surface area contributed by atoms with Crippen LogP contribution in [0.1, 0.15) is 36.5 Å². The molecule has 0 saturated heterocycles. The summed E-state index contributed by atoms with van der Waals surface area (Å²) in [6.07, 6.45) is 0. The summed E-state index contributed by atoms with van der Waals surface area (Å²) in [5, 5.41) is 3.50. The van der Waals surface area contributed by atoms with E-state index in [1.807, 2.05) is 26.0 Å². The second kappa shape index (κ2) is 7.51. The lowest BCUT2D eigenvalue weighted by atomic mass is 10.0. The zero-order valence-electron chi connectivity index (χ0n) is 13.9. The van der Waals surface area contributed by atoms with Crippen molar-refractivity contribution in [3.63, 3.8) is 0 Å². The Labute approximate surface area is 142 Å². The van der Waals surface area contributed by atoms with Gasteiger partial charge in [-0.3, -0.25) is 4.79 Å². The third-order valence-corrected chi connectivity index (χ3v) is 3.85. The smallest absolute Gasteiger partial charge is 0.262 e. The number of aryl methyl sites for hydroxylation is 2. The minimum absolute atomic E-state index is 0.0226. The standard InChI is InChI=1S/C19H22ClNO2/c1-12(2)16-7-5-13(3)9-18(16)23-11-19(22)21-17-8-6-15(20)10-14(17)4/h5-10,12H,11H2,1-4H3,(H,21,22). The first-order valence-electron chi connectivity index (χ1n) is 7.66. The fourth-order valence-corrected chi connectivity index (χ4v) is 2.57. The highest BCUT2D eigenvalue weighted by Gasteiger charge is 2.11. The first-order chi connectivity index (χ1) is 10.9. The molecule has 0 heterocycles. The molecule has 2 rings (SSSR count). The molecule has 0 saturated carbocycles. The molecule has 23 heavy (non-hydrogen) atoms. The summed E-state index contributed by atoms with van der Waals surface area (Å²) in [7, 11) is 0. The number of ether oxygens (including phenoxy) is 1. The van der Waals surface area contributed by atoms with Gasteiger partial charge < -0.3 is 10.1 Å². The Morgan fingerprint density at radius 1 is 1.17 bits per heavy atom. The predicted molar refractivity (Wildman–Crippen MR) is 95.6 cm³/mol. The maximum Gasteiger partial charge on any atom is 0.262 e. The third kappa shape index (κ3) is 4.73. The Balaban J connectivity index is 2.03. The SMILES string of the molecule is Cc1ccc(C(C)C)c(OCC(=O)Nc2ccc(Cl)cc2C)c1. The summed E-state index contributed by atoms with van der Waals surface area (Å²) < 4.78 is 5.74. The van der Waals surface area contributed by atoms with Gasteiger partial charge in [-0.2, -0.15) is 0 Å². The van der Waals surface area contributed by atoms with Crippen molar-refractivity contribution in [2.45, 2.75) is 33.6 Å². The van der Waals surface area contributed by atoms with Gasteiger partial charge >= 0.3 is 0 Å². The highest BCUT2D eigenvalue weighted by atomic mass is 35.5. The normalized spacial score (nSPS) is 10.7. The Kier molecular flexibility index (Phi) is 5.67. The van der Waals surface area contributed by atoms with Crippen LogP contribution in [0, 0.1) is 13.8 Å². The average molecular weight is 332 g/mol. The number of nitrogens with one attached hydrogen (secondary N) is 1. The molecule has 0 aliphatic rings. The maximum absolute atomic E-state index is 12.1. The zero-order valence-corrected chi connectivity index (χ0v) is 14.7. The van der Waals surface area contributed by atoms with Crippen LogP contribution in [0.5, 0.6) is 5.75 Å². The fourth-order valence-electron chi connectivity index (χ4n) is 2.34. The van der Waals surface area contributed by atoms with Crippen molar-refractivity contribution >= 4 is 23.2 Å². The topological polar surface area (TPSA) is 38.3 Å². The van der Waals surface area contributed by atoms with Crippen molar-refractivity contribution in [1.29, 1.82) is 0 Å². The zero-order chi connectivity index (χ0) is 17.0. The van der Waals surface area contributed by atoms with Crippen molar-refractivity contribution in [3.8, 4) is 5.75 Å². The molecule has 2 aromatic rings. The lowest BCUT2D eigenvalue weighted by molar-refractivity contribution is -0.118. The van der Waals surface area contributed by atoms with Gasteiger partial charge in [0.1, 0.15) is 5.75 Å². The molecule has 0 aliphatic heterocycles. The number of amides is 1. The van der Waals surface area contributed by atoms with E-state index in [-0.39, 0.29) is 12.5 Å². The van der Waals surface area contributed by atoms with E-state index in [0.29, 0.717) is 10.9 Å². The Hall–Kier alpha value is -2.00. The third-order valence-electron chi connectivity index (χ3n) is 3.61. The molecular weight excluding hydrogens is 310 g/mol. The number of anilines is 1. The molecule has 3 nitrogen and oxygen atoms in total. The van der Waals surface area contributed by atoms with Crippen LogP contribution in [0.3, 0.4) is 0 Å². The second-order valence-electron chi connectivity index (χ2n) is 5.99. The summed E-state index contributed by atoms with van der Waals surface area (Å²) in [6, 6.07) is 11.4. The van der Waals surface area contributed by atoms with Crippen LogP contribution >= 0.6 is 11.6 Å². The molecule has 0 radical (unpaired) electrons. The van der Waals surface area contributed by atoms with Crippen LogP contribution in [-0.2, 0) is 4.79 Å². The van der Waals surface area contributed by atoms with E-state index in [1.54, 1.807) is 12.1 Å². The van der Waals surface area contributed by atoms with Crippen LogP contribution in [0.15, 0.2) is 36.4 Å². The number of hydrogen-bond donors (Lipinski definition) is 1. The van der Waals surface area contributed by atoms with Gasteiger partial charge in [0.15, 0.2) is 6.61 Å². The van der Waals surface area contributed by atoms with Gasteiger partial charge in [-0.25, -0.2) is 0 Å². The number of carbonyl (C=O) groups is 1. The van der Waals surface area contributed by atoms with Gasteiger partial charge in [-0.05, 0) is 60.7 Å². The largest absolute Gasteiger partial charge is 0.483 e. The Morgan fingerprint density at radius 2 is 1.91 bits per heavy atom. The van der Waals surface area contributed by atoms with Gasteiger partial charge in [0, 0.05) is 10.7 Å². The predicted octanol–water partition coefficient (Wildman–Crippen LogP) is 5.10. The summed E-state index contributed by atoms with van der Waals surface area (Å²) in [6.45, 7) is 8.10. The first kappa shape index (κ1) is 17.4. The van der Waals surface area contributed by atoms with E-state index >= 15 is 0 Å². The highest BCUT2D eigenvalue weighted by molar-refractivity contribution is 6.30. The molecule has 1 N–H and O–H groups in total. The summed E-state index contributed by atoms with van der Waals surface area (Å²) >= 11 is 5.92. The van der Waals surface area contributed by atoms with Gasteiger partial charge in [0.25, 0.3) is 5.91 Å². The van der Waals surface area contributed by atoms with Crippen molar-refractivity contribution in [1.82, 2.24) is 0 Å². The first-order valence-corrected chi connectivity index (χ1v) is 8.04. The van der Waals surface area contributed by atoms with Gasteiger partial charge in [-0.15, -0.1) is 0 Å². The molecular formula is C19H22ClNO2. The van der Waals surface area contributed by atoms with Crippen LogP contribution in [-0.4, -0.2) is 12.5 Å². The van der Waals surface area contributed by atoms with Crippen LogP contribution < -0.4 is 10.1 Å². The fraction of sp³-hybridized carbons (Fsp3) is 0.316. The Morgan fingerprint density at radius 3 is 2.57 bits per heavy atom. The summed E-state index contributed by atoms with van der Waals surface area (Å²) in [5.74, 6) is 0.918. The number of hydrogen-bond acceptors (Lipinski definition) is 2. The number of carbonyl (C=O) groups excluding carboxylic acids is 1. The molecule has 122 valence electrons. The molecule has 0 atom stereocenters. The molecule has 1 amide bonds. The Bertz CT molecular complexity index is 711. The van der Waals surface area contributed by atoms with Crippen molar-refractivity contribution in [2.24, 2.45) is 0 Å². The molecule has 0 unspecified atom stereocenters. The lowest BCUT2D eigenvalue weighted by Crippen LogP contribution is -2.21. The molecule has 0 bridgehead atoms. The monoisotopic (exact) mass is 331 g/mol. The van der Waals surface area contributed by atoms with Crippen LogP contribution in [0.4, 0.5) is 5.69 Å². The van der Waals surface area contributed by atoms with E-state index in [4.69, 9.17) is 16.3 Å². The molecule has 4 heteroatoms. The van der Waals surface area contributed by atoms with Crippen LogP contribution in [0.2, 0.25) is 5.02 Å². The molecule has 0 fully saturated rings. The van der Waals surface area contributed by atoms with Crippen molar-refractivity contribution < 1.29 is 9.53 Å². The van der Waals surface area contributed by atoms with E-state index < -0.39 is 0 Å². The summed E-state index contributed by atoms with van der Waals surface area (Å²) in [4.78, 5) is 12.1. The summed E-state index contributed by atoms with van der Waals surface area (Å²) in [5.41, 5.74) is 3.88. The molecule has 2 aromatic carbocycles. The van der Waals surface area contributed by atoms with Crippen molar-refractivity contribution in [2.75, 3.05) is 11.9 Å². The number of rotatable bonds is 5. The number of halogens is 1. The van der Waals surface area contributed by atoms with E-state index in [9.17, 15) is 4.79 Å². The van der Waals surface area contributed by atoms with Gasteiger partial charge in [-0.1, -0.05) is 37.6 Å². The van der Waals surface area contributed by atoms with E-state index in [0.717, 1.165) is 28.1 Å². The highest BCUT2D eigenvalue weighted by Crippen LogP contribution is 2.27. The van der Waals surface area contributed by atoms with Gasteiger partial charge in [0.2, 0.25) is 0 Å². The molecule has 0 spiro atoms. The average Bonchev–Trinajstić information content (AvgIpc) is 2.48. The maximum atomic E-state index is 12.1. The minimum Gasteiger partial charge on any atom is -0.483 e. The molecule has 0 aliphatic carbocycles. The quantitative estimate of drug-likeness (QED) is 0.828. The van der Waals surface area contributed by atoms with E-state index in [2.05, 4.69) is 31.3 Å². The minimum atomic E-state index is -0.188. The number of benzene rings is 2.